The molecule has 1 heterocycles. The van der Waals surface area contributed by atoms with Crippen molar-refractivity contribution in [3.8, 4) is 44.6 Å². The molecule has 0 aliphatic heterocycles. The summed E-state index contributed by atoms with van der Waals surface area (Å²) in [6.07, 6.45) is 0. The molecule has 1 nitrogen and oxygen atoms in total. The summed E-state index contributed by atoms with van der Waals surface area (Å²) >= 11 is 0. The monoisotopic (exact) mass is 513 g/mol. The summed E-state index contributed by atoms with van der Waals surface area (Å²) in [7, 11) is 0. The lowest BCUT2D eigenvalue weighted by atomic mass is 9.79. The van der Waals surface area contributed by atoms with Crippen molar-refractivity contribution in [2.45, 2.75) is 38.5 Å². The van der Waals surface area contributed by atoms with Crippen molar-refractivity contribution >= 4 is 10.9 Å². The van der Waals surface area contributed by atoms with Crippen molar-refractivity contribution in [3.63, 3.8) is 0 Å². The molecule has 0 saturated heterocycles. The van der Waals surface area contributed by atoms with Crippen molar-refractivity contribution in [1.82, 2.24) is 4.98 Å². The van der Waals surface area contributed by atoms with Crippen molar-refractivity contribution in [2.24, 2.45) is 0 Å². The van der Waals surface area contributed by atoms with Gasteiger partial charge >= 0.3 is 0 Å². The fraction of sp³-hybridized carbons (Fsp3) is 0.154. The van der Waals surface area contributed by atoms with Gasteiger partial charge in [-0.2, -0.15) is 0 Å². The molecule has 0 radical (unpaired) electrons. The molecule has 1 heteroatoms. The van der Waals surface area contributed by atoms with E-state index in [9.17, 15) is 0 Å². The molecule has 1 aromatic heterocycles. The zero-order chi connectivity index (χ0) is 27.2. The van der Waals surface area contributed by atoms with Gasteiger partial charge in [-0.1, -0.05) is 113 Å². The first-order valence-electron chi connectivity index (χ1n) is 14.2. The summed E-state index contributed by atoms with van der Waals surface area (Å²) in [6.45, 7) is 9.49. The molecule has 8 rings (SSSR count). The van der Waals surface area contributed by atoms with Crippen LogP contribution in [-0.4, -0.2) is 4.98 Å². The Morgan fingerprint density at radius 3 is 1.80 bits per heavy atom. The van der Waals surface area contributed by atoms with Gasteiger partial charge in [0.1, 0.15) is 0 Å². The average Bonchev–Trinajstić information content (AvgIpc) is 3.35. The minimum absolute atomic E-state index is 0.00333. The second-order valence-electron chi connectivity index (χ2n) is 12.4. The van der Waals surface area contributed by atoms with Gasteiger partial charge in [0.25, 0.3) is 0 Å². The second-order valence-corrected chi connectivity index (χ2v) is 12.4. The number of pyridine rings is 1. The number of hydrogen-bond acceptors (Lipinski definition) is 1. The van der Waals surface area contributed by atoms with E-state index in [0.717, 1.165) is 11.2 Å². The Bertz CT molecular complexity index is 1990. The summed E-state index contributed by atoms with van der Waals surface area (Å²) in [5.41, 5.74) is 16.7. The van der Waals surface area contributed by atoms with Gasteiger partial charge in [0.05, 0.1) is 11.2 Å². The number of fused-ring (bicyclic) bond motifs is 7. The Hall–Kier alpha value is -4.49. The van der Waals surface area contributed by atoms with Crippen molar-refractivity contribution < 1.29 is 0 Å². The number of nitrogens with zero attached hydrogens (tertiary/aromatic N) is 1. The smallest absolute Gasteiger partial charge is 0.0716 e. The third-order valence-corrected chi connectivity index (χ3v) is 9.47. The first-order valence-corrected chi connectivity index (χ1v) is 14.2. The summed E-state index contributed by atoms with van der Waals surface area (Å²) in [6, 6.07) is 42.3. The fourth-order valence-electron chi connectivity index (χ4n) is 7.27. The van der Waals surface area contributed by atoms with Crippen LogP contribution in [0.3, 0.4) is 0 Å². The second kappa shape index (κ2) is 8.02. The number of aromatic nitrogens is 1. The van der Waals surface area contributed by atoms with E-state index in [-0.39, 0.29) is 10.8 Å². The Morgan fingerprint density at radius 1 is 0.425 bits per heavy atom. The van der Waals surface area contributed by atoms with Gasteiger partial charge in [0.15, 0.2) is 0 Å². The van der Waals surface area contributed by atoms with Crippen LogP contribution >= 0.6 is 0 Å². The molecule has 0 amide bonds. The molecule has 0 saturated carbocycles. The highest BCUT2D eigenvalue weighted by atomic mass is 14.7. The fourth-order valence-corrected chi connectivity index (χ4v) is 7.27. The first kappa shape index (κ1) is 23.4. The van der Waals surface area contributed by atoms with E-state index in [1.807, 2.05) is 0 Å². The number of para-hydroxylation sites is 1. The van der Waals surface area contributed by atoms with Crippen LogP contribution in [0.25, 0.3) is 55.5 Å². The molecule has 6 aromatic rings. The van der Waals surface area contributed by atoms with Gasteiger partial charge in [-0.25, -0.2) is 4.98 Å². The maximum atomic E-state index is 5.15. The van der Waals surface area contributed by atoms with E-state index in [1.165, 1.54) is 66.6 Å². The first-order chi connectivity index (χ1) is 19.3. The Labute approximate surface area is 236 Å². The lowest BCUT2D eigenvalue weighted by Crippen LogP contribution is -2.17. The quantitative estimate of drug-likeness (QED) is 0.224. The molecule has 0 N–H and O–H groups in total. The molecule has 2 aliphatic rings. The van der Waals surface area contributed by atoms with Crippen molar-refractivity contribution in [1.29, 1.82) is 0 Å². The van der Waals surface area contributed by atoms with E-state index < -0.39 is 0 Å². The zero-order valence-electron chi connectivity index (χ0n) is 23.4. The number of rotatable bonds is 2. The molecular weight excluding hydrogens is 482 g/mol. The summed E-state index contributed by atoms with van der Waals surface area (Å²) < 4.78 is 0. The topological polar surface area (TPSA) is 12.9 Å². The van der Waals surface area contributed by atoms with Crippen LogP contribution in [0, 0.1) is 0 Å². The van der Waals surface area contributed by atoms with Crippen LogP contribution < -0.4 is 0 Å². The molecule has 5 aromatic carbocycles. The maximum absolute atomic E-state index is 5.15. The maximum Gasteiger partial charge on any atom is 0.0716 e. The summed E-state index contributed by atoms with van der Waals surface area (Å²) in [5.74, 6) is 0. The van der Waals surface area contributed by atoms with Crippen LogP contribution in [0.1, 0.15) is 49.9 Å². The molecule has 0 unspecified atom stereocenters. The minimum atomic E-state index is -0.101. The van der Waals surface area contributed by atoms with Crippen LogP contribution in [0.15, 0.2) is 115 Å². The Morgan fingerprint density at radius 2 is 1.02 bits per heavy atom. The van der Waals surface area contributed by atoms with Crippen LogP contribution in [0.5, 0.6) is 0 Å². The predicted octanol–water partition coefficient (Wildman–Crippen LogP) is 10.2. The average molecular weight is 514 g/mol. The SMILES string of the molecule is CC1(C)c2ccccc2-c2cc3c(cc21)-c1ccc(-c2cc(-c4ccccc4)c4ccccc4n2)cc1C3(C)C. The zero-order valence-corrected chi connectivity index (χ0v) is 23.4. The summed E-state index contributed by atoms with van der Waals surface area (Å²) in [4.78, 5) is 5.15. The number of hydrogen-bond donors (Lipinski definition) is 0. The highest BCUT2D eigenvalue weighted by Crippen LogP contribution is 2.56. The van der Waals surface area contributed by atoms with E-state index in [1.54, 1.807) is 0 Å². The van der Waals surface area contributed by atoms with Gasteiger partial charge in [-0.15, -0.1) is 0 Å². The lowest BCUT2D eigenvalue weighted by molar-refractivity contribution is 0.652. The standard InChI is InChI=1S/C39H31N/c1-38(2)32-16-10-8-14-26(32)30-21-35-31(22-34(30)38)27-19-18-25(20-33(27)39(35,3)4)37-23-29(24-12-6-5-7-13-24)28-15-9-11-17-36(28)40-37/h5-23H,1-4H3. The summed E-state index contributed by atoms with van der Waals surface area (Å²) in [5, 5.41) is 1.18. The molecule has 40 heavy (non-hydrogen) atoms. The van der Waals surface area contributed by atoms with E-state index in [0.29, 0.717) is 0 Å². The van der Waals surface area contributed by atoms with Crippen LogP contribution in [0.4, 0.5) is 0 Å². The third kappa shape index (κ3) is 3.12. The molecule has 0 spiro atoms. The van der Waals surface area contributed by atoms with E-state index >= 15 is 0 Å². The normalized spacial score (nSPS) is 15.4. The highest BCUT2D eigenvalue weighted by Gasteiger charge is 2.41. The van der Waals surface area contributed by atoms with Gasteiger partial charge < -0.3 is 0 Å². The van der Waals surface area contributed by atoms with Gasteiger partial charge in [0, 0.05) is 21.8 Å². The predicted molar refractivity (Wildman–Crippen MR) is 168 cm³/mol. The van der Waals surface area contributed by atoms with E-state index in [2.05, 4.69) is 143 Å². The Balaban J connectivity index is 1.30. The van der Waals surface area contributed by atoms with Gasteiger partial charge in [-0.05, 0) is 86.0 Å². The van der Waals surface area contributed by atoms with Gasteiger partial charge in [0.2, 0.25) is 0 Å². The molecule has 192 valence electrons. The Kier molecular flexibility index (Phi) is 4.69. The van der Waals surface area contributed by atoms with Crippen molar-refractivity contribution in [2.75, 3.05) is 0 Å². The molecule has 0 fully saturated rings. The largest absolute Gasteiger partial charge is 0.248 e. The molecule has 2 aliphatic carbocycles. The lowest BCUT2D eigenvalue weighted by Gasteiger charge is -2.24. The van der Waals surface area contributed by atoms with Crippen molar-refractivity contribution in [3.05, 3.63) is 138 Å². The third-order valence-electron chi connectivity index (χ3n) is 9.47. The molecular formula is C39H31N. The number of benzene rings is 5. The van der Waals surface area contributed by atoms with E-state index in [4.69, 9.17) is 4.98 Å². The molecule has 0 bridgehead atoms. The molecule has 0 atom stereocenters. The minimum Gasteiger partial charge on any atom is -0.248 e. The van der Waals surface area contributed by atoms with Gasteiger partial charge in [-0.3, -0.25) is 0 Å². The van der Waals surface area contributed by atoms with Crippen LogP contribution in [0.2, 0.25) is 0 Å². The highest BCUT2D eigenvalue weighted by molar-refractivity contribution is 5.97. The van der Waals surface area contributed by atoms with Crippen LogP contribution in [-0.2, 0) is 10.8 Å².